The molecule has 1 heterocycles. The van der Waals surface area contributed by atoms with Crippen LogP contribution in [0.3, 0.4) is 0 Å². The van der Waals surface area contributed by atoms with Crippen molar-refractivity contribution in [2.75, 3.05) is 13.6 Å². The zero-order valence-corrected chi connectivity index (χ0v) is 13.1. The summed E-state index contributed by atoms with van der Waals surface area (Å²) in [5, 5.41) is 3.24. The van der Waals surface area contributed by atoms with Crippen LogP contribution in [-0.4, -0.2) is 31.9 Å². The van der Waals surface area contributed by atoms with Crippen molar-refractivity contribution in [1.82, 2.24) is 5.32 Å². The van der Waals surface area contributed by atoms with E-state index in [-0.39, 0.29) is 24.4 Å². The molecule has 3 unspecified atom stereocenters. The Morgan fingerprint density at radius 2 is 1.80 bits per heavy atom. The van der Waals surface area contributed by atoms with Crippen molar-refractivity contribution < 1.29 is 9.47 Å². The largest absolute Gasteiger partial charge is 0.375 e. The Morgan fingerprint density at radius 3 is 2.35 bits per heavy atom. The summed E-state index contributed by atoms with van der Waals surface area (Å²) in [4.78, 5) is 0. The van der Waals surface area contributed by atoms with E-state index in [2.05, 4.69) is 50.4 Å². The maximum atomic E-state index is 6.36. The molecule has 1 fully saturated rings. The number of aryl methyl sites for hydroxylation is 1. The van der Waals surface area contributed by atoms with Crippen LogP contribution >= 0.6 is 0 Å². The number of benzene rings is 1. The summed E-state index contributed by atoms with van der Waals surface area (Å²) in [6.45, 7) is 7.21. The van der Waals surface area contributed by atoms with E-state index in [1.54, 1.807) is 0 Å². The van der Waals surface area contributed by atoms with Crippen LogP contribution in [0.15, 0.2) is 24.3 Å². The first-order chi connectivity index (χ1) is 9.58. The normalized spacial score (nSPS) is 28.3. The first-order valence-electron chi connectivity index (χ1n) is 7.60. The standard InChI is InChI=1S/C17H27NO2/c1-12-5-7-15(8-6-12)17(11-18-4)20-16-9-13(2)19-14(3)10-16/h5-8,13-14,16-18H,9-11H2,1-4H3. The van der Waals surface area contributed by atoms with E-state index in [4.69, 9.17) is 9.47 Å². The molecule has 0 amide bonds. The van der Waals surface area contributed by atoms with Crippen LogP contribution in [0, 0.1) is 6.92 Å². The van der Waals surface area contributed by atoms with Crippen LogP contribution in [0.25, 0.3) is 0 Å². The molecule has 0 radical (unpaired) electrons. The van der Waals surface area contributed by atoms with E-state index in [9.17, 15) is 0 Å². The fraction of sp³-hybridized carbons (Fsp3) is 0.647. The summed E-state index contributed by atoms with van der Waals surface area (Å²) in [6, 6.07) is 8.64. The quantitative estimate of drug-likeness (QED) is 0.896. The highest BCUT2D eigenvalue weighted by Crippen LogP contribution is 2.27. The van der Waals surface area contributed by atoms with Gasteiger partial charge in [0.25, 0.3) is 0 Å². The topological polar surface area (TPSA) is 30.5 Å². The highest BCUT2D eigenvalue weighted by molar-refractivity contribution is 5.23. The smallest absolute Gasteiger partial charge is 0.0952 e. The number of nitrogens with one attached hydrogen (secondary N) is 1. The van der Waals surface area contributed by atoms with Gasteiger partial charge in [-0.2, -0.15) is 0 Å². The molecule has 0 aliphatic carbocycles. The summed E-state index contributed by atoms with van der Waals surface area (Å²) in [7, 11) is 1.97. The maximum Gasteiger partial charge on any atom is 0.0952 e. The van der Waals surface area contributed by atoms with Crippen LogP contribution in [0.4, 0.5) is 0 Å². The third-order valence-corrected chi connectivity index (χ3v) is 3.85. The van der Waals surface area contributed by atoms with Gasteiger partial charge in [0, 0.05) is 6.54 Å². The van der Waals surface area contributed by atoms with Crippen molar-refractivity contribution >= 4 is 0 Å². The molecule has 112 valence electrons. The molecular weight excluding hydrogens is 250 g/mol. The molecule has 1 saturated heterocycles. The van der Waals surface area contributed by atoms with Gasteiger partial charge < -0.3 is 14.8 Å². The molecule has 1 aromatic carbocycles. The Balaban J connectivity index is 2.03. The Bertz CT molecular complexity index is 394. The van der Waals surface area contributed by atoms with Crippen molar-refractivity contribution in [1.29, 1.82) is 0 Å². The van der Waals surface area contributed by atoms with E-state index in [1.807, 2.05) is 7.05 Å². The molecule has 0 spiro atoms. The molecule has 1 aromatic rings. The van der Waals surface area contributed by atoms with E-state index in [1.165, 1.54) is 11.1 Å². The average Bonchev–Trinajstić information content (AvgIpc) is 2.38. The highest BCUT2D eigenvalue weighted by atomic mass is 16.5. The first-order valence-corrected chi connectivity index (χ1v) is 7.60. The van der Waals surface area contributed by atoms with Crippen LogP contribution < -0.4 is 5.32 Å². The Morgan fingerprint density at radius 1 is 1.20 bits per heavy atom. The molecule has 0 bridgehead atoms. The molecule has 20 heavy (non-hydrogen) atoms. The fourth-order valence-corrected chi connectivity index (χ4v) is 2.90. The highest BCUT2D eigenvalue weighted by Gasteiger charge is 2.27. The second-order valence-electron chi connectivity index (χ2n) is 5.94. The Labute approximate surface area is 122 Å². The second kappa shape index (κ2) is 7.21. The lowest BCUT2D eigenvalue weighted by atomic mass is 10.0. The SMILES string of the molecule is CNCC(OC1CC(C)OC(C)C1)c1ccc(C)cc1. The molecule has 0 saturated carbocycles. The predicted octanol–water partition coefficient (Wildman–Crippen LogP) is 3.23. The zero-order valence-electron chi connectivity index (χ0n) is 13.1. The van der Waals surface area contributed by atoms with Gasteiger partial charge in [-0.05, 0) is 46.2 Å². The minimum absolute atomic E-state index is 0.114. The minimum Gasteiger partial charge on any atom is -0.375 e. The number of rotatable bonds is 5. The summed E-state index contributed by atoms with van der Waals surface area (Å²) in [6.07, 6.45) is 2.94. The number of likely N-dealkylation sites (N-methyl/N-ethyl adjacent to an activating group) is 1. The zero-order chi connectivity index (χ0) is 14.5. The maximum absolute atomic E-state index is 6.36. The number of hydrogen-bond donors (Lipinski definition) is 1. The second-order valence-corrected chi connectivity index (χ2v) is 5.94. The fourth-order valence-electron chi connectivity index (χ4n) is 2.90. The van der Waals surface area contributed by atoms with Crippen molar-refractivity contribution in [3.05, 3.63) is 35.4 Å². The summed E-state index contributed by atoms with van der Waals surface area (Å²) < 4.78 is 12.1. The molecule has 3 nitrogen and oxygen atoms in total. The average molecular weight is 277 g/mol. The predicted molar refractivity (Wildman–Crippen MR) is 82.0 cm³/mol. The van der Waals surface area contributed by atoms with Gasteiger partial charge >= 0.3 is 0 Å². The number of ether oxygens (including phenoxy) is 2. The molecule has 3 heteroatoms. The van der Waals surface area contributed by atoms with Crippen LogP contribution in [0.1, 0.15) is 43.9 Å². The first kappa shape index (κ1) is 15.5. The van der Waals surface area contributed by atoms with Gasteiger partial charge in [-0.25, -0.2) is 0 Å². The third-order valence-electron chi connectivity index (χ3n) is 3.85. The van der Waals surface area contributed by atoms with Crippen LogP contribution in [0.5, 0.6) is 0 Å². The molecule has 0 aromatic heterocycles. The minimum atomic E-state index is 0.114. The van der Waals surface area contributed by atoms with Crippen molar-refractivity contribution in [3.8, 4) is 0 Å². The lowest BCUT2D eigenvalue weighted by Crippen LogP contribution is -2.36. The van der Waals surface area contributed by atoms with Crippen LogP contribution in [0.2, 0.25) is 0 Å². The van der Waals surface area contributed by atoms with E-state index < -0.39 is 0 Å². The van der Waals surface area contributed by atoms with Gasteiger partial charge in [-0.1, -0.05) is 29.8 Å². The number of hydrogen-bond acceptors (Lipinski definition) is 3. The van der Waals surface area contributed by atoms with Gasteiger partial charge in [0.05, 0.1) is 24.4 Å². The molecule has 1 aliphatic heterocycles. The monoisotopic (exact) mass is 277 g/mol. The van der Waals surface area contributed by atoms with Gasteiger partial charge in [0.1, 0.15) is 0 Å². The van der Waals surface area contributed by atoms with E-state index >= 15 is 0 Å². The van der Waals surface area contributed by atoms with E-state index in [0.717, 1.165) is 19.4 Å². The van der Waals surface area contributed by atoms with Gasteiger partial charge in [0.15, 0.2) is 0 Å². The molecule has 3 atom stereocenters. The summed E-state index contributed by atoms with van der Waals surface area (Å²) in [5.74, 6) is 0. The lowest BCUT2D eigenvalue weighted by molar-refractivity contribution is -0.121. The molecule has 1 N–H and O–H groups in total. The van der Waals surface area contributed by atoms with Crippen molar-refractivity contribution in [2.24, 2.45) is 0 Å². The van der Waals surface area contributed by atoms with Crippen molar-refractivity contribution in [2.45, 2.75) is 58.0 Å². The molecule has 2 rings (SSSR count). The van der Waals surface area contributed by atoms with E-state index in [0.29, 0.717) is 0 Å². The third kappa shape index (κ3) is 4.30. The molecule has 1 aliphatic rings. The van der Waals surface area contributed by atoms with Gasteiger partial charge in [-0.15, -0.1) is 0 Å². The Kier molecular flexibility index (Phi) is 5.58. The Hall–Kier alpha value is -0.900. The summed E-state index contributed by atoms with van der Waals surface area (Å²) >= 11 is 0. The summed E-state index contributed by atoms with van der Waals surface area (Å²) in [5.41, 5.74) is 2.53. The van der Waals surface area contributed by atoms with Crippen LogP contribution in [-0.2, 0) is 9.47 Å². The van der Waals surface area contributed by atoms with Gasteiger partial charge in [-0.3, -0.25) is 0 Å². The van der Waals surface area contributed by atoms with Crippen molar-refractivity contribution in [3.63, 3.8) is 0 Å². The lowest BCUT2D eigenvalue weighted by Gasteiger charge is -2.34. The molecular formula is C17H27NO2. The van der Waals surface area contributed by atoms with Gasteiger partial charge in [0.2, 0.25) is 0 Å².